The van der Waals surface area contributed by atoms with Crippen molar-refractivity contribution in [3.8, 4) is 0 Å². The number of hydrogen-bond acceptors (Lipinski definition) is 16. The van der Waals surface area contributed by atoms with Gasteiger partial charge in [0.2, 0.25) is 53.2 Å². The topological polar surface area (TPSA) is 432 Å². The molecule has 21 N–H and O–H groups in total. The van der Waals surface area contributed by atoms with Gasteiger partial charge in [-0.3, -0.25) is 43.2 Å². The van der Waals surface area contributed by atoms with E-state index in [-0.39, 0.29) is 83.6 Å². The number of amides is 9. The Morgan fingerprint density at radius 2 is 1.12 bits per heavy atom. The van der Waals surface area contributed by atoms with Crippen LogP contribution in [0.3, 0.4) is 0 Å². The van der Waals surface area contributed by atoms with Crippen molar-refractivity contribution in [1.29, 1.82) is 0 Å². The minimum absolute atomic E-state index is 0.0766. The van der Waals surface area contributed by atoms with E-state index in [1.54, 1.807) is 44.2 Å². The Labute approximate surface area is 396 Å². The van der Waals surface area contributed by atoms with Crippen molar-refractivity contribution in [2.24, 2.45) is 34.6 Å². The molecule has 0 aliphatic carbocycles. The number of aliphatic hydroxyl groups excluding tert-OH is 2. The third-order valence-corrected chi connectivity index (χ3v) is 10.9. The number of carbonyl (C=O) groups excluding carboxylic acids is 9. The van der Waals surface area contributed by atoms with E-state index in [2.05, 4.69) is 47.9 Å². The molecular formula is C43H74N14O11. The number of benzene rings is 1. The summed E-state index contributed by atoms with van der Waals surface area (Å²) in [6.07, 6.45) is -3.64. The maximum atomic E-state index is 14.4. The molecule has 25 nitrogen and oxygen atoms in total. The molecule has 2 rings (SSSR count). The Balaban J connectivity index is 2.68. The van der Waals surface area contributed by atoms with Gasteiger partial charge in [-0.15, -0.1) is 0 Å². The third kappa shape index (κ3) is 19.4. The molecule has 0 bridgehead atoms. The predicted molar refractivity (Wildman–Crippen MR) is 249 cm³/mol. The van der Waals surface area contributed by atoms with Crippen LogP contribution in [0.4, 0.5) is 0 Å². The van der Waals surface area contributed by atoms with Crippen LogP contribution in [0.1, 0.15) is 71.8 Å². The molecule has 1 aromatic carbocycles. The van der Waals surface area contributed by atoms with Gasteiger partial charge in [-0.25, -0.2) is 0 Å². The van der Waals surface area contributed by atoms with E-state index in [0.29, 0.717) is 5.56 Å². The van der Waals surface area contributed by atoms with Crippen LogP contribution in [-0.4, -0.2) is 163 Å². The monoisotopic (exact) mass is 963 g/mol. The van der Waals surface area contributed by atoms with E-state index in [4.69, 9.17) is 28.7 Å². The molecule has 0 aromatic heterocycles. The molecule has 0 saturated carbocycles. The lowest BCUT2D eigenvalue weighted by molar-refractivity contribution is -0.136. The average molecular weight is 963 g/mol. The summed E-state index contributed by atoms with van der Waals surface area (Å²) in [6, 6.07) is -4.01. The highest BCUT2D eigenvalue weighted by Crippen LogP contribution is 2.11. The number of rotatable bonds is 20. The molecule has 1 aliphatic rings. The highest BCUT2D eigenvalue weighted by Gasteiger charge is 2.36. The summed E-state index contributed by atoms with van der Waals surface area (Å²) < 4.78 is 0. The Morgan fingerprint density at radius 3 is 1.63 bits per heavy atom. The first-order chi connectivity index (χ1) is 32.2. The van der Waals surface area contributed by atoms with Gasteiger partial charge in [-0.1, -0.05) is 44.2 Å². The molecule has 1 aliphatic heterocycles. The average Bonchev–Trinajstić information content (AvgIpc) is 3.28. The van der Waals surface area contributed by atoms with Gasteiger partial charge < -0.3 is 86.7 Å². The lowest BCUT2D eigenvalue weighted by atomic mass is 10.00. The predicted octanol–water partition coefficient (Wildman–Crippen LogP) is -6.84. The van der Waals surface area contributed by atoms with E-state index >= 15 is 0 Å². The molecule has 0 radical (unpaired) electrons. The van der Waals surface area contributed by atoms with Crippen LogP contribution in [0.2, 0.25) is 0 Å². The number of carbonyl (C=O) groups is 9. The normalized spacial score (nSPS) is 23.7. The van der Waals surface area contributed by atoms with Crippen LogP contribution in [0, 0.1) is 5.92 Å². The van der Waals surface area contributed by atoms with Gasteiger partial charge in [-0.2, -0.15) is 0 Å². The summed E-state index contributed by atoms with van der Waals surface area (Å²) in [5.74, 6) is -8.01. The van der Waals surface area contributed by atoms with Gasteiger partial charge in [-0.05, 0) is 90.0 Å². The fourth-order valence-electron chi connectivity index (χ4n) is 7.00. The fourth-order valence-corrected chi connectivity index (χ4v) is 7.00. The molecule has 1 heterocycles. The number of hydrogen-bond donors (Lipinski definition) is 16. The molecule has 1 aromatic rings. The first-order valence-corrected chi connectivity index (χ1v) is 22.8. The Bertz CT molecular complexity index is 1840. The van der Waals surface area contributed by atoms with E-state index in [9.17, 15) is 53.4 Å². The van der Waals surface area contributed by atoms with Crippen LogP contribution in [-0.2, 0) is 49.6 Å². The van der Waals surface area contributed by atoms with Crippen molar-refractivity contribution in [2.45, 2.75) is 139 Å². The zero-order chi connectivity index (χ0) is 51.1. The van der Waals surface area contributed by atoms with E-state index in [1.807, 2.05) is 0 Å². The molecule has 0 spiro atoms. The maximum Gasteiger partial charge on any atom is 0.245 e. The van der Waals surface area contributed by atoms with E-state index < -0.39 is 120 Å². The second-order valence-corrected chi connectivity index (χ2v) is 17.1. The first-order valence-electron chi connectivity index (χ1n) is 22.8. The van der Waals surface area contributed by atoms with Crippen molar-refractivity contribution < 1.29 is 53.4 Å². The summed E-state index contributed by atoms with van der Waals surface area (Å²) in [7, 11) is 0. The van der Waals surface area contributed by atoms with Crippen LogP contribution < -0.4 is 76.5 Å². The standard InChI is InChI=1S/C43H74N14O11/c1-22(2)20-31-40(65)52-27(11-16-45)35(60)51-29(13-18-47)39(64)57-34(24(4)59)43(68)49-19-14-30(38(63)56-32(41(66)55-31)21-25-8-6-5-7-9-25)53-36(61)26(10-15-44)50-37(62)28(12-17-46)54-42(67)33(48)23(3)58/h5-9,22-24,26-34,58-59H,10-21,44-48H2,1-4H3,(H,49,68)(H,50,62)(H,51,60)(H,52,65)(H,53,61)(H,54,67)(H,55,66)(H,56,63)(H,57,64)/t23-,24-,26+,27+,28+,29-,30+,31-,32-,33+,34+/m1/s1. The number of aliphatic hydroxyl groups is 2. The molecule has 382 valence electrons. The quantitative estimate of drug-likeness (QED) is 0.0578. The molecular weight excluding hydrogens is 889 g/mol. The number of nitrogens with one attached hydrogen (secondary N) is 9. The minimum atomic E-state index is -1.61. The van der Waals surface area contributed by atoms with E-state index in [1.165, 1.54) is 13.8 Å². The van der Waals surface area contributed by atoms with Crippen LogP contribution in [0.5, 0.6) is 0 Å². The van der Waals surface area contributed by atoms with Gasteiger partial charge >= 0.3 is 0 Å². The number of nitrogens with two attached hydrogens (primary N) is 5. The van der Waals surface area contributed by atoms with E-state index in [0.717, 1.165) is 0 Å². The largest absolute Gasteiger partial charge is 0.391 e. The highest BCUT2D eigenvalue weighted by atomic mass is 16.3. The summed E-state index contributed by atoms with van der Waals surface area (Å²) in [6.45, 7) is 5.33. The van der Waals surface area contributed by atoms with Crippen molar-refractivity contribution >= 4 is 53.2 Å². The third-order valence-electron chi connectivity index (χ3n) is 10.9. The summed E-state index contributed by atoms with van der Waals surface area (Å²) in [5.41, 5.74) is 29.4. The molecule has 1 fully saturated rings. The van der Waals surface area contributed by atoms with Crippen molar-refractivity contribution in [3.63, 3.8) is 0 Å². The maximum absolute atomic E-state index is 14.4. The van der Waals surface area contributed by atoms with Gasteiger partial charge in [0, 0.05) is 13.0 Å². The van der Waals surface area contributed by atoms with Crippen molar-refractivity contribution in [1.82, 2.24) is 47.9 Å². The van der Waals surface area contributed by atoms with Crippen molar-refractivity contribution in [2.75, 3.05) is 32.7 Å². The molecule has 25 heteroatoms. The summed E-state index contributed by atoms with van der Waals surface area (Å²) in [4.78, 5) is 124. The van der Waals surface area contributed by atoms with Gasteiger partial charge in [0.15, 0.2) is 0 Å². The molecule has 9 amide bonds. The zero-order valence-corrected chi connectivity index (χ0v) is 39.3. The summed E-state index contributed by atoms with van der Waals surface area (Å²) >= 11 is 0. The zero-order valence-electron chi connectivity index (χ0n) is 39.3. The van der Waals surface area contributed by atoms with Crippen LogP contribution in [0.15, 0.2) is 30.3 Å². The minimum Gasteiger partial charge on any atom is -0.391 e. The molecule has 11 atom stereocenters. The lowest BCUT2D eigenvalue weighted by Crippen LogP contribution is -2.62. The van der Waals surface area contributed by atoms with Crippen LogP contribution >= 0.6 is 0 Å². The fraction of sp³-hybridized carbons (Fsp3) is 0.651. The van der Waals surface area contributed by atoms with Gasteiger partial charge in [0.05, 0.1) is 12.2 Å². The van der Waals surface area contributed by atoms with Gasteiger partial charge in [0.1, 0.15) is 54.4 Å². The highest BCUT2D eigenvalue weighted by molar-refractivity contribution is 5.98. The lowest BCUT2D eigenvalue weighted by Gasteiger charge is -2.29. The molecule has 0 unspecified atom stereocenters. The second-order valence-electron chi connectivity index (χ2n) is 17.1. The molecule has 68 heavy (non-hydrogen) atoms. The van der Waals surface area contributed by atoms with Crippen LogP contribution in [0.25, 0.3) is 0 Å². The smallest absolute Gasteiger partial charge is 0.245 e. The first kappa shape index (κ1) is 58.3. The SMILES string of the molecule is CC(C)C[C@H]1NC(=O)[C@@H](Cc2ccccc2)NC(=O)[C@@H](NC(=O)[C@H](CCN)NC(=O)[C@H](CCN)NC(=O)[C@@H](N)[C@@H](C)O)CCNC(=O)[C@H]([C@@H](C)O)NC(=O)[C@@H](CCN)NC(=O)[C@H](CCN)NC1=O. The summed E-state index contributed by atoms with van der Waals surface area (Å²) in [5, 5.41) is 43.4. The second kappa shape index (κ2) is 29.8. The molecule has 1 saturated heterocycles. The van der Waals surface area contributed by atoms with Crippen molar-refractivity contribution in [3.05, 3.63) is 35.9 Å². The Morgan fingerprint density at radius 1 is 0.632 bits per heavy atom. The Hall–Kier alpha value is -5.83. The van der Waals surface area contributed by atoms with Gasteiger partial charge in [0.25, 0.3) is 0 Å². The Kier molecular flexibility index (Phi) is 25.6.